The van der Waals surface area contributed by atoms with Crippen LogP contribution in [0.3, 0.4) is 0 Å². The van der Waals surface area contributed by atoms with Crippen LogP contribution in [0.5, 0.6) is 0 Å². The second kappa shape index (κ2) is 10.4. The highest BCUT2D eigenvalue weighted by Crippen LogP contribution is 2.30. The van der Waals surface area contributed by atoms with E-state index >= 15 is 0 Å². The van der Waals surface area contributed by atoms with E-state index in [0.29, 0.717) is 13.2 Å². The molecule has 2 aliphatic rings. The summed E-state index contributed by atoms with van der Waals surface area (Å²) in [6.45, 7) is 5.17. The van der Waals surface area contributed by atoms with Crippen LogP contribution in [0.2, 0.25) is 0 Å². The van der Waals surface area contributed by atoms with Crippen LogP contribution < -0.4 is 10.2 Å². The Morgan fingerprint density at radius 3 is 3.03 bits per heavy atom. The van der Waals surface area contributed by atoms with Crippen molar-refractivity contribution in [1.29, 1.82) is 5.41 Å². The number of ether oxygens (including phenoxy) is 2. The minimum absolute atomic E-state index is 0.0647. The number of rotatable bonds is 7. The predicted molar refractivity (Wildman–Crippen MR) is 128 cm³/mol. The van der Waals surface area contributed by atoms with Gasteiger partial charge in [-0.15, -0.1) is 0 Å². The lowest BCUT2D eigenvalue weighted by Gasteiger charge is -2.34. The fourth-order valence-corrected chi connectivity index (χ4v) is 4.75. The second-order valence-corrected chi connectivity index (χ2v) is 8.86. The zero-order valence-corrected chi connectivity index (χ0v) is 19.1. The van der Waals surface area contributed by atoms with Crippen LogP contribution in [-0.4, -0.2) is 61.1 Å². The van der Waals surface area contributed by atoms with E-state index in [4.69, 9.17) is 24.9 Å². The molecule has 0 saturated carbocycles. The Labute approximate surface area is 188 Å². The van der Waals surface area contributed by atoms with E-state index in [1.807, 2.05) is 12.3 Å². The highest BCUT2D eigenvalue weighted by molar-refractivity contribution is 7.97. The summed E-state index contributed by atoms with van der Waals surface area (Å²) in [6.07, 6.45) is 10.1. The summed E-state index contributed by atoms with van der Waals surface area (Å²) < 4.78 is 11.5. The largest absolute Gasteiger partial charge is 0.377 e. The molecule has 0 radical (unpaired) electrons. The van der Waals surface area contributed by atoms with Crippen LogP contribution in [-0.2, 0) is 15.2 Å². The Bertz CT molecular complexity index is 945. The molecular weight excluding hydrogens is 410 g/mol. The van der Waals surface area contributed by atoms with E-state index in [-0.39, 0.29) is 12.3 Å². The van der Waals surface area contributed by atoms with Gasteiger partial charge in [-0.1, -0.05) is 0 Å². The minimum atomic E-state index is -0.0647. The van der Waals surface area contributed by atoms with Gasteiger partial charge in [0.1, 0.15) is 23.3 Å². The number of hydrogen-bond acceptors (Lipinski definition) is 8. The molecule has 0 aromatic carbocycles. The SMILES string of the molecule is CSCc1cc(N2CCOCC2C)nc2c(/C(=C/C=N)NC3CCCCO3)nccc12. The van der Waals surface area contributed by atoms with Gasteiger partial charge in [0.15, 0.2) is 0 Å². The third-order valence-electron chi connectivity index (χ3n) is 5.76. The van der Waals surface area contributed by atoms with Crippen molar-refractivity contribution in [2.24, 2.45) is 0 Å². The predicted octanol–water partition coefficient (Wildman–Crippen LogP) is 3.82. The van der Waals surface area contributed by atoms with Crippen LogP contribution >= 0.6 is 11.8 Å². The number of hydrogen-bond donors (Lipinski definition) is 2. The van der Waals surface area contributed by atoms with Crippen molar-refractivity contribution in [2.75, 3.05) is 37.5 Å². The van der Waals surface area contributed by atoms with Crippen LogP contribution in [0.4, 0.5) is 5.82 Å². The van der Waals surface area contributed by atoms with Gasteiger partial charge in [-0.05, 0) is 56.2 Å². The zero-order valence-electron chi connectivity index (χ0n) is 18.3. The number of fused-ring (bicyclic) bond motifs is 1. The summed E-state index contributed by atoms with van der Waals surface area (Å²) in [4.78, 5) is 12.1. The Balaban J connectivity index is 1.80. The molecule has 4 heterocycles. The maximum atomic E-state index is 7.69. The molecule has 0 spiro atoms. The third kappa shape index (κ3) is 5.02. The monoisotopic (exact) mass is 441 g/mol. The molecular formula is C23H31N5O2S. The van der Waals surface area contributed by atoms with Crippen molar-refractivity contribution in [2.45, 2.75) is 44.2 Å². The van der Waals surface area contributed by atoms with E-state index in [1.54, 1.807) is 17.8 Å². The second-order valence-electron chi connectivity index (χ2n) is 7.99. The molecule has 2 aromatic rings. The van der Waals surface area contributed by atoms with Crippen LogP contribution in [0.1, 0.15) is 37.4 Å². The molecule has 0 aliphatic carbocycles. The third-order valence-corrected chi connectivity index (χ3v) is 6.36. The number of allylic oxidation sites excluding steroid dienone is 1. The number of anilines is 1. The molecule has 2 fully saturated rings. The van der Waals surface area contributed by atoms with Gasteiger partial charge in [0.25, 0.3) is 0 Å². The average molecular weight is 442 g/mol. The summed E-state index contributed by atoms with van der Waals surface area (Å²) in [5.41, 5.74) is 3.65. The van der Waals surface area contributed by atoms with Gasteiger partial charge in [0.2, 0.25) is 0 Å². The molecule has 2 aliphatic heterocycles. The van der Waals surface area contributed by atoms with E-state index in [1.165, 1.54) is 11.8 Å². The van der Waals surface area contributed by atoms with E-state index in [9.17, 15) is 0 Å². The Morgan fingerprint density at radius 1 is 1.39 bits per heavy atom. The Kier molecular flexibility index (Phi) is 7.42. The lowest BCUT2D eigenvalue weighted by Crippen LogP contribution is -2.44. The van der Waals surface area contributed by atoms with E-state index in [0.717, 1.165) is 66.3 Å². The standard InChI is InChI=1S/C23H31N5O2S/c1-16-14-29-12-10-28(16)20-13-17(15-31-2)18-7-9-25-23(22(18)27-20)19(6-8-24)26-21-5-3-4-11-30-21/h6-9,13,16,21,24,26H,3-5,10-12,14-15H2,1-2H3/b19-6-,24-8?. The molecule has 0 bridgehead atoms. The normalized spacial score (nSPS) is 22.5. The van der Waals surface area contributed by atoms with Crippen molar-refractivity contribution in [3.63, 3.8) is 0 Å². The summed E-state index contributed by atoms with van der Waals surface area (Å²) in [7, 11) is 0. The van der Waals surface area contributed by atoms with Gasteiger partial charge in [-0.2, -0.15) is 11.8 Å². The maximum absolute atomic E-state index is 7.69. The molecule has 2 N–H and O–H groups in total. The molecule has 7 nitrogen and oxygen atoms in total. The summed E-state index contributed by atoms with van der Waals surface area (Å²) in [6, 6.07) is 4.52. The summed E-state index contributed by atoms with van der Waals surface area (Å²) in [5.74, 6) is 1.86. The lowest BCUT2D eigenvalue weighted by molar-refractivity contribution is 0.00530. The first-order chi connectivity index (χ1) is 15.2. The van der Waals surface area contributed by atoms with Crippen molar-refractivity contribution in [3.8, 4) is 0 Å². The van der Waals surface area contributed by atoms with Gasteiger partial charge in [-0.3, -0.25) is 4.98 Å². The van der Waals surface area contributed by atoms with Crippen molar-refractivity contribution in [1.82, 2.24) is 15.3 Å². The first-order valence-corrected chi connectivity index (χ1v) is 12.3. The fourth-order valence-electron chi connectivity index (χ4n) is 4.20. The number of pyridine rings is 2. The zero-order chi connectivity index (χ0) is 21.6. The van der Waals surface area contributed by atoms with Crippen molar-refractivity contribution in [3.05, 3.63) is 35.7 Å². The van der Waals surface area contributed by atoms with Crippen molar-refractivity contribution >= 4 is 40.4 Å². The van der Waals surface area contributed by atoms with Crippen LogP contribution in [0.15, 0.2) is 24.4 Å². The molecule has 166 valence electrons. The fraction of sp³-hybridized carbons (Fsp3) is 0.522. The average Bonchev–Trinajstić information content (AvgIpc) is 2.79. The number of thioether (sulfide) groups is 1. The van der Waals surface area contributed by atoms with Crippen molar-refractivity contribution < 1.29 is 9.47 Å². The van der Waals surface area contributed by atoms with Gasteiger partial charge >= 0.3 is 0 Å². The summed E-state index contributed by atoms with van der Waals surface area (Å²) >= 11 is 1.80. The number of aromatic nitrogens is 2. The lowest BCUT2D eigenvalue weighted by atomic mass is 10.1. The molecule has 8 heteroatoms. The first-order valence-electron chi connectivity index (χ1n) is 10.9. The maximum Gasteiger partial charge on any atom is 0.130 e. The molecule has 4 rings (SSSR count). The van der Waals surface area contributed by atoms with Gasteiger partial charge in [-0.25, -0.2) is 4.98 Å². The van der Waals surface area contributed by atoms with E-state index in [2.05, 4.69) is 29.5 Å². The number of nitrogens with zero attached hydrogens (tertiary/aromatic N) is 3. The van der Waals surface area contributed by atoms with Gasteiger partial charge in [0.05, 0.1) is 25.0 Å². The molecule has 2 unspecified atom stereocenters. The number of nitrogens with one attached hydrogen (secondary N) is 2. The first kappa shape index (κ1) is 22.0. The van der Waals surface area contributed by atoms with Gasteiger partial charge < -0.3 is 25.1 Å². The van der Waals surface area contributed by atoms with E-state index < -0.39 is 0 Å². The molecule has 2 atom stereocenters. The molecule has 0 amide bonds. The molecule has 2 aromatic heterocycles. The summed E-state index contributed by atoms with van der Waals surface area (Å²) in [5, 5.41) is 12.3. The highest BCUT2D eigenvalue weighted by atomic mass is 32.2. The smallest absolute Gasteiger partial charge is 0.130 e. The Morgan fingerprint density at radius 2 is 2.29 bits per heavy atom. The van der Waals surface area contributed by atoms with Crippen LogP contribution in [0.25, 0.3) is 16.6 Å². The minimum Gasteiger partial charge on any atom is -0.377 e. The van der Waals surface area contributed by atoms with Gasteiger partial charge in [0, 0.05) is 36.7 Å². The molecule has 31 heavy (non-hydrogen) atoms. The quantitative estimate of drug-likeness (QED) is 0.632. The van der Waals surface area contributed by atoms with Crippen LogP contribution in [0, 0.1) is 5.41 Å². The number of morpholine rings is 1. The topological polar surface area (TPSA) is 83.4 Å². The highest BCUT2D eigenvalue weighted by Gasteiger charge is 2.23. The molecule has 2 saturated heterocycles. The Hall–Kier alpha value is -2.16.